The van der Waals surface area contributed by atoms with Gasteiger partial charge < -0.3 is 10.4 Å². The molecule has 2 unspecified atom stereocenters. The monoisotopic (exact) mass is 321 g/mol. The van der Waals surface area contributed by atoms with E-state index in [9.17, 15) is 9.59 Å². The lowest BCUT2D eigenvalue weighted by atomic mass is 9.94. The highest BCUT2D eigenvalue weighted by molar-refractivity contribution is 7.99. The topological polar surface area (TPSA) is 66.4 Å². The molecule has 22 heavy (non-hydrogen) atoms. The summed E-state index contributed by atoms with van der Waals surface area (Å²) in [7, 11) is 0. The summed E-state index contributed by atoms with van der Waals surface area (Å²) >= 11 is 1.89. The number of nitrogens with one attached hydrogen (secondary N) is 1. The first kappa shape index (κ1) is 16.9. The number of amides is 1. The number of rotatable bonds is 6. The van der Waals surface area contributed by atoms with E-state index in [1.54, 1.807) is 24.3 Å². The van der Waals surface area contributed by atoms with Crippen LogP contribution >= 0.6 is 11.8 Å². The molecule has 0 heterocycles. The molecule has 4 nitrogen and oxygen atoms in total. The molecular weight excluding hydrogens is 298 g/mol. The van der Waals surface area contributed by atoms with Crippen LogP contribution in [0.2, 0.25) is 0 Å². The van der Waals surface area contributed by atoms with Gasteiger partial charge in [0.2, 0.25) is 5.91 Å². The van der Waals surface area contributed by atoms with Crippen molar-refractivity contribution in [2.45, 2.75) is 49.8 Å². The van der Waals surface area contributed by atoms with Crippen LogP contribution in [0.3, 0.4) is 0 Å². The van der Waals surface area contributed by atoms with Crippen molar-refractivity contribution in [3.05, 3.63) is 35.4 Å². The van der Waals surface area contributed by atoms with E-state index >= 15 is 0 Å². The van der Waals surface area contributed by atoms with Crippen LogP contribution in [-0.4, -0.2) is 34.5 Å². The fourth-order valence-electron chi connectivity index (χ4n) is 2.86. The highest BCUT2D eigenvalue weighted by Gasteiger charge is 2.22. The summed E-state index contributed by atoms with van der Waals surface area (Å²) < 4.78 is 0. The molecule has 0 bridgehead atoms. The third-order valence-electron chi connectivity index (χ3n) is 4.17. The number of aromatic carboxylic acids is 1. The summed E-state index contributed by atoms with van der Waals surface area (Å²) in [4.78, 5) is 22.8. The molecule has 2 atom stereocenters. The standard InChI is InChI=1S/C17H23NO3S/c1-22-15-4-2-3-14(11-15)18-16(19)10-7-12-5-8-13(9-6-12)17(20)21/h5-6,8-9,14-15H,2-4,7,10-11H2,1H3,(H,18,19)(H,20,21). The van der Waals surface area contributed by atoms with Crippen LogP contribution in [0, 0.1) is 0 Å². The zero-order valence-corrected chi connectivity index (χ0v) is 13.7. The van der Waals surface area contributed by atoms with E-state index in [-0.39, 0.29) is 11.5 Å². The van der Waals surface area contributed by atoms with Gasteiger partial charge in [0, 0.05) is 17.7 Å². The number of carbonyl (C=O) groups excluding carboxylic acids is 1. The number of hydrogen-bond acceptors (Lipinski definition) is 3. The number of benzene rings is 1. The molecule has 1 aliphatic rings. The Morgan fingerprint density at radius 1 is 1.27 bits per heavy atom. The van der Waals surface area contributed by atoms with Gasteiger partial charge in [-0.05, 0) is 49.6 Å². The van der Waals surface area contributed by atoms with Crippen molar-refractivity contribution in [3.8, 4) is 0 Å². The SMILES string of the molecule is CSC1CCCC(NC(=O)CCc2ccc(C(=O)O)cc2)C1. The van der Waals surface area contributed by atoms with Gasteiger partial charge >= 0.3 is 5.97 Å². The van der Waals surface area contributed by atoms with Gasteiger partial charge in [-0.1, -0.05) is 18.6 Å². The zero-order valence-electron chi connectivity index (χ0n) is 12.9. The molecular formula is C17H23NO3S. The molecule has 1 saturated carbocycles. The lowest BCUT2D eigenvalue weighted by molar-refractivity contribution is -0.121. The van der Waals surface area contributed by atoms with Crippen LogP contribution in [-0.2, 0) is 11.2 Å². The summed E-state index contributed by atoms with van der Waals surface area (Å²) in [6.07, 6.45) is 7.82. The van der Waals surface area contributed by atoms with Crippen molar-refractivity contribution < 1.29 is 14.7 Å². The molecule has 1 aliphatic carbocycles. The highest BCUT2D eigenvalue weighted by atomic mass is 32.2. The number of aryl methyl sites for hydroxylation is 1. The summed E-state index contributed by atoms with van der Waals surface area (Å²) in [5.41, 5.74) is 1.27. The summed E-state index contributed by atoms with van der Waals surface area (Å²) in [6.45, 7) is 0. The highest BCUT2D eigenvalue weighted by Crippen LogP contribution is 2.26. The second-order valence-electron chi connectivity index (χ2n) is 5.79. The fraction of sp³-hybridized carbons (Fsp3) is 0.529. The molecule has 1 fully saturated rings. The van der Waals surface area contributed by atoms with Crippen molar-refractivity contribution in [2.75, 3.05) is 6.26 Å². The maximum atomic E-state index is 12.0. The van der Waals surface area contributed by atoms with Gasteiger partial charge in [-0.25, -0.2) is 4.79 Å². The number of carboxylic acid groups (broad SMARTS) is 1. The minimum Gasteiger partial charge on any atom is -0.478 e. The van der Waals surface area contributed by atoms with Crippen LogP contribution < -0.4 is 5.32 Å². The van der Waals surface area contributed by atoms with Crippen molar-refractivity contribution in [2.24, 2.45) is 0 Å². The molecule has 0 spiro atoms. The van der Waals surface area contributed by atoms with Gasteiger partial charge in [0.15, 0.2) is 0 Å². The number of hydrogen-bond donors (Lipinski definition) is 2. The molecule has 2 N–H and O–H groups in total. The van der Waals surface area contributed by atoms with E-state index in [0.29, 0.717) is 24.1 Å². The Hall–Kier alpha value is -1.49. The molecule has 0 saturated heterocycles. The van der Waals surface area contributed by atoms with Gasteiger partial charge in [-0.2, -0.15) is 11.8 Å². The average molecular weight is 321 g/mol. The first-order valence-electron chi connectivity index (χ1n) is 7.73. The van der Waals surface area contributed by atoms with Crippen LogP contribution in [0.4, 0.5) is 0 Å². The number of carbonyl (C=O) groups is 2. The predicted octanol–water partition coefficient (Wildman–Crippen LogP) is 3.11. The zero-order chi connectivity index (χ0) is 15.9. The van der Waals surface area contributed by atoms with Crippen LogP contribution in [0.15, 0.2) is 24.3 Å². The van der Waals surface area contributed by atoms with Crippen molar-refractivity contribution in [1.29, 1.82) is 0 Å². The molecule has 1 aromatic rings. The van der Waals surface area contributed by atoms with Gasteiger partial charge in [-0.3, -0.25) is 4.79 Å². The quantitative estimate of drug-likeness (QED) is 0.845. The molecule has 0 radical (unpaired) electrons. The number of carboxylic acids is 1. The molecule has 2 rings (SSSR count). The van der Waals surface area contributed by atoms with Crippen LogP contribution in [0.1, 0.15) is 48.0 Å². The van der Waals surface area contributed by atoms with Gasteiger partial charge in [-0.15, -0.1) is 0 Å². The van der Waals surface area contributed by atoms with Crippen LogP contribution in [0.5, 0.6) is 0 Å². The lowest BCUT2D eigenvalue weighted by Gasteiger charge is -2.28. The Bertz CT molecular complexity index is 515. The fourth-order valence-corrected chi connectivity index (χ4v) is 3.69. The van der Waals surface area contributed by atoms with Gasteiger partial charge in [0.05, 0.1) is 5.56 Å². The normalized spacial score (nSPS) is 21.3. The van der Waals surface area contributed by atoms with E-state index in [1.165, 1.54) is 12.8 Å². The minimum atomic E-state index is -0.926. The maximum absolute atomic E-state index is 12.0. The number of thioether (sulfide) groups is 1. The summed E-state index contributed by atoms with van der Waals surface area (Å²) in [5, 5.41) is 12.7. The Morgan fingerprint density at radius 3 is 2.64 bits per heavy atom. The van der Waals surface area contributed by atoms with Crippen molar-refractivity contribution in [1.82, 2.24) is 5.32 Å². The predicted molar refractivity (Wildman–Crippen MR) is 89.4 cm³/mol. The minimum absolute atomic E-state index is 0.0917. The molecule has 1 aromatic carbocycles. The Labute approximate surface area is 135 Å². The Balaban J connectivity index is 1.76. The average Bonchev–Trinajstić information content (AvgIpc) is 2.53. The molecule has 0 aromatic heterocycles. The first-order chi connectivity index (χ1) is 10.6. The smallest absolute Gasteiger partial charge is 0.335 e. The van der Waals surface area contributed by atoms with E-state index in [2.05, 4.69) is 11.6 Å². The van der Waals surface area contributed by atoms with Crippen LogP contribution in [0.25, 0.3) is 0 Å². The third kappa shape index (κ3) is 5.05. The molecule has 1 amide bonds. The van der Waals surface area contributed by atoms with E-state index in [0.717, 1.165) is 18.4 Å². The van der Waals surface area contributed by atoms with Gasteiger partial charge in [0.25, 0.3) is 0 Å². The summed E-state index contributed by atoms with van der Waals surface area (Å²) in [5.74, 6) is -0.834. The molecule has 120 valence electrons. The second kappa shape index (κ2) is 8.22. The van der Waals surface area contributed by atoms with Gasteiger partial charge in [0.1, 0.15) is 0 Å². The largest absolute Gasteiger partial charge is 0.478 e. The Morgan fingerprint density at radius 2 is 2.00 bits per heavy atom. The molecule has 0 aliphatic heterocycles. The lowest BCUT2D eigenvalue weighted by Crippen LogP contribution is -2.39. The van der Waals surface area contributed by atoms with Crippen molar-refractivity contribution in [3.63, 3.8) is 0 Å². The van der Waals surface area contributed by atoms with E-state index in [4.69, 9.17) is 5.11 Å². The first-order valence-corrected chi connectivity index (χ1v) is 9.01. The molecule has 5 heteroatoms. The van der Waals surface area contributed by atoms with Crippen molar-refractivity contribution >= 4 is 23.6 Å². The van der Waals surface area contributed by atoms with E-state index < -0.39 is 5.97 Å². The van der Waals surface area contributed by atoms with E-state index in [1.807, 2.05) is 11.8 Å². The third-order valence-corrected chi connectivity index (χ3v) is 5.26. The Kier molecular flexibility index (Phi) is 6.31. The maximum Gasteiger partial charge on any atom is 0.335 e. The summed E-state index contributed by atoms with van der Waals surface area (Å²) in [6, 6.07) is 7.04. The second-order valence-corrected chi connectivity index (χ2v) is 6.93.